The smallest absolute Gasteiger partial charge is 0.327 e. The van der Waals surface area contributed by atoms with Crippen molar-refractivity contribution < 1.29 is 28.3 Å². The molecule has 1 saturated carbocycles. The molecule has 8 nitrogen and oxygen atoms in total. The van der Waals surface area contributed by atoms with Crippen LogP contribution in [-0.4, -0.2) is 46.9 Å². The summed E-state index contributed by atoms with van der Waals surface area (Å²) in [7, 11) is 0. The maximum absolute atomic E-state index is 13.6. The zero-order valence-electron chi connectivity index (χ0n) is 16.4. The molecule has 1 spiro atoms. The number of rotatable bonds is 5. The summed E-state index contributed by atoms with van der Waals surface area (Å²) in [4.78, 5) is 50.4. The molecule has 0 aromatic heterocycles. The Bertz CT molecular complexity index is 845. The number of ether oxygens (including phenoxy) is 1. The number of nitrogens with zero attached hydrogens (tertiary/aromatic N) is 1. The van der Waals surface area contributed by atoms with Gasteiger partial charge in [-0.3, -0.25) is 19.3 Å². The lowest BCUT2D eigenvalue weighted by Gasteiger charge is -2.36. The fraction of sp³-hybridized carbons (Fsp3) is 0.500. The number of esters is 1. The van der Waals surface area contributed by atoms with Crippen molar-refractivity contribution in [2.75, 3.05) is 11.9 Å². The molecule has 0 radical (unpaired) electrons. The first-order chi connectivity index (χ1) is 13.7. The summed E-state index contributed by atoms with van der Waals surface area (Å²) in [5.74, 6) is -2.71. The van der Waals surface area contributed by atoms with E-state index >= 15 is 0 Å². The first-order valence-electron chi connectivity index (χ1n) is 9.63. The van der Waals surface area contributed by atoms with E-state index in [1.165, 1.54) is 25.1 Å². The van der Waals surface area contributed by atoms with E-state index in [2.05, 4.69) is 10.6 Å². The molecular formula is C20H24FN3O5. The van der Waals surface area contributed by atoms with Gasteiger partial charge in [0.25, 0.3) is 11.8 Å². The molecule has 1 aromatic rings. The number of imide groups is 1. The molecule has 0 bridgehead atoms. The SMILES string of the molecule is C[C@H](OC(=O)CN1C(=O)N[C@@]2(CCCC[C@@H]2C)C1=O)C(=O)Nc1ccccc1F. The summed E-state index contributed by atoms with van der Waals surface area (Å²) in [6.07, 6.45) is 1.93. The van der Waals surface area contributed by atoms with Crippen molar-refractivity contribution in [3.63, 3.8) is 0 Å². The molecule has 1 aliphatic carbocycles. The minimum atomic E-state index is -1.23. The van der Waals surface area contributed by atoms with Crippen molar-refractivity contribution in [2.24, 2.45) is 5.92 Å². The topological polar surface area (TPSA) is 105 Å². The highest BCUT2D eigenvalue weighted by atomic mass is 19.1. The second kappa shape index (κ2) is 8.18. The third kappa shape index (κ3) is 4.08. The summed E-state index contributed by atoms with van der Waals surface area (Å²) < 4.78 is 18.7. The third-order valence-corrected chi connectivity index (χ3v) is 5.60. The van der Waals surface area contributed by atoms with Crippen molar-refractivity contribution in [1.82, 2.24) is 10.2 Å². The number of benzene rings is 1. The van der Waals surface area contributed by atoms with Crippen LogP contribution in [0, 0.1) is 11.7 Å². The molecule has 1 aliphatic heterocycles. The van der Waals surface area contributed by atoms with Crippen LogP contribution in [0.15, 0.2) is 24.3 Å². The third-order valence-electron chi connectivity index (χ3n) is 5.60. The van der Waals surface area contributed by atoms with Gasteiger partial charge in [0.05, 0.1) is 5.69 Å². The Morgan fingerprint density at radius 1 is 1.34 bits per heavy atom. The molecule has 1 saturated heterocycles. The number of carbonyl (C=O) groups excluding carboxylic acids is 4. The highest BCUT2D eigenvalue weighted by Gasteiger charge is 2.55. The maximum Gasteiger partial charge on any atom is 0.327 e. The molecule has 29 heavy (non-hydrogen) atoms. The Morgan fingerprint density at radius 3 is 2.76 bits per heavy atom. The van der Waals surface area contributed by atoms with Gasteiger partial charge in [0.1, 0.15) is 17.9 Å². The van der Waals surface area contributed by atoms with Crippen molar-refractivity contribution in [3.05, 3.63) is 30.1 Å². The molecule has 2 fully saturated rings. The first kappa shape index (κ1) is 20.8. The summed E-state index contributed by atoms with van der Waals surface area (Å²) in [6.45, 7) is 2.65. The minimum absolute atomic E-state index is 0.0285. The maximum atomic E-state index is 13.6. The van der Waals surface area contributed by atoms with Gasteiger partial charge >= 0.3 is 12.0 Å². The second-order valence-electron chi connectivity index (χ2n) is 7.54. The zero-order valence-corrected chi connectivity index (χ0v) is 16.4. The average molecular weight is 405 g/mol. The number of para-hydroxylation sites is 1. The fourth-order valence-electron chi connectivity index (χ4n) is 3.85. The number of halogens is 1. The molecule has 3 atom stereocenters. The van der Waals surface area contributed by atoms with Gasteiger partial charge in [-0.05, 0) is 37.8 Å². The molecule has 156 valence electrons. The minimum Gasteiger partial charge on any atom is -0.451 e. The van der Waals surface area contributed by atoms with Crippen LogP contribution in [-0.2, 0) is 19.1 Å². The summed E-state index contributed by atoms with van der Waals surface area (Å²) >= 11 is 0. The molecular weight excluding hydrogens is 381 g/mol. The van der Waals surface area contributed by atoms with E-state index in [1.54, 1.807) is 6.07 Å². The lowest BCUT2D eigenvalue weighted by atomic mass is 9.73. The second-order valence-corrected chi connectivity index (χ2v) is 7.54. The summed E-state index contributed by atoms with van der Waals surface area (Å²) in [5, 5.41) is 5.08. The van der Waals surface area contributed by atoms with Crippen molar-refractivity contribution >= 4 is 29.5 Å². The lowest BCUT2D eigenvalue weighted by molar-refractivity contribution is -0.155. The Kier molecular flexibility index (Phi) is 5.86. The quantitative estimate of drug-likeness (QED) is 0.577. The van der Waals surface area contributed by atoms with Gasteiger partial charge in [0.15, 0.2) is 6.10 Å². The van der Waals surface area contributed by atoms with Crippen LogP contribution in [0.4, 0.5) is 14.9 Å². The Balaban J connectivity index is 1.58. The Labute approximate surface area is 167 Å². The molecule has 1 heterocycles. The van der Waals surface area contributed by atoms with Crippen LogP contribution < -0.4 is 10.6 Å². The van der Waals surface area contributed by atoms with Crippen molar-refractivity contribution in [2.45, 2.75) is 51.2 Å². The van der Waals surface area contributed by atoms with Crippen LogP contribution in [0.1, 0.15) is 39.5 Å². The van der Waals surface area contributed by atoms with Crippen LogP contribution in [0.5, 0.6) is 0 Å². The fourth-order valence-corrected chi connectivity index (χ4v) is 3.85. The largest absolute Gasteiger partial charge is 0.451 e. The van der Waals surface area contributed by atoms with Gasteiger partial charge in [0.2, 0.25) is 0 Å². The zero-order chi connectivity index (χ0) is 21.2. The molecule has 0 unspecified atom stereocenters. The number of hydrogen-bond donors (Lipinski definition) is 2. The molecule has 1 aromatic carbocycles. The van der Waals surface area contributed by atoms with Gasteiger partial charge in [-0.15, -0.1) is 0 Å². The predicted octanol–water partition coefficient (Wildman–Crippen LogP) is 2.20. The van der Waals surface area contributed by atoms with E-state index in [1.807, 2.05) is 6.92 Å². The number of urea groups is 1. The molecule has 9 heteroatoms. The molecule has 2 N–H and O–H groups in total. The molecule has 4 amide bonds. The van der Waals surface area contributed by atoms with Gasteiger partial charge in [-0.2, -0.15) is 0 Å². The van der Waals surface area contributed by atoms with E-state index in [0.717, 1.165) is 24.2 Å². The number of amides is 4. The van der Waals surface area contributed by atoms with E-state index in [0.29, 0.717) is 6.42 Å². The Morgan fingerprint density at radius 2 is 2.07 bits per heavy atom. The number of carbonyl (C=O) groups is 4. The van der Waals surface area contributed by atoms with E-state index < -0.39 is 47.8 Å². The van der Waals surface area contributed by atoms with Gasteiger partial charge in [-0.1, -0.05) is 31.9 Å². The van der Waals surface area contributed by atoms with Gasteiger partial charge < -0.3 is 15.4 Å². The first-order valence-corrected chi connectivity index (χ1v) is 9.63. The van der Waals surface area contributed by atoms with E-state index in [-0.39, 0.29) is 11.6 Å². The van der Waals surface area contributed by atoms with Crippen LogP contribution in [0.3, 0.4) is 0 Å². The number of hydrogen-bond acceptors (Lipinski definition) is 5. The van der Waals surface area contributed by atoms with E-state index in [4.69, 9.17) is 4.74 Å². The number of nitrogens with one attached hydrogen (secondary N) is 2. The van der Waals surface area contributed by atoms with Gasteiger partial charge in [0, 0.05) is 0 Å². The number of anilines is 1. The Hall–Kier alpha value is -2.97. The summed E-state index contributed by atoms with van der Waals surface area (Å²) in [5.41, 5.74) is -1.01. The van der Waals surface area contributed by atoms with Crippen LogP contribution >= 0.6 is 0 Å². The molecule has 2 aliphatic rings. The normalized spacial score (nSPS) is 24.9. The predicted molar refractivity (Wildman–Crippen MR) is 101 cm³/mol. The van der Waals surface area contributed by atoms with Crippen molar-refractivity contribution in [3.8, 4) is 0 Å². The van der Waals surface area contributed by atoms with E-state index in [9.17, 15) is 23.6 Å². The van der Waals surface area contributed by atoms with Crippen molar-refractivity contribution in [1.29, 1.82) is 0 Å². The highest BCUT2D eigenvalue weighted by Crippen LogP contribution is 2.38. The van der Waals surface area contributed by atoms with Crippen LogP contribution in [0.25, 0.3) is 0 Å². The lowest BCUT2D eigenvalue weighted by Crippen LogP contribution is -2.54. The van der Waals surface area contributed by atoms with Crippen LogP contribution in [0.2, 0.25) is 0 Å². The average Bonchev–Trinajstić information content (AvgIpc) is 2.91. The monoisotopic (exact) mass is 405 g/mol. The highest BCUT2D eigenvalue weighted by molar-refractivity contribution is 6.09. The van der Waals surface area contributed by atoms with Gasteiger partial charge in [-0.25, -0.2) is 9.18 Å². The molecule has 3 rings (SSSR count). The standard InChI is InChI=1S/C20H24FN3O5/c1-12-7-5-6-10-20(12)18(27)24(19(28)23-20)11-16(25)29-13(2)17(26)22-15-9-4-3-8-14(15)21/h3-4,8-9,12-13H,5-7,10-11H2,1-2H3,(H,22,26)(H,23,28)/t12-,13-,20+/m0/s1. The summed E-state index contributed by atoms with van der Waals surface area (Å²) in [6, 6.07) is 4.96.